The van der Waals surface area contributed by atoms with Gasteiger partial charge in [-0.2, -0.15) is 0 Å². The number of benzene rings is 2. The van der Waals surface area contributed by atoms with Crippen LogP contribution in [0, 0.1) is 0 Å². The number of rotatable bonds is 3. The molecule has 1 spiro atoms. The first-order valence-electron chi connectivity index (χ1n) is 14.8. The van der Waals surface area contributed by atoms with Gasteiger partial charge in [-0.05, 0) is 54.0 Å². The standard InChI is InChI=1S/C32H41N3O3/c36-30(34-18-20-35(21-19-34)31(37)29-15-22-38-29)25-13-11-24(12-14-25)28-23-32(16-7-3-1-2-4-8-17-32)26-9-5-6-10-27(26)33-28/h5-6,9-14,28-29,33H,1-4,7-8,15-23H2. The average Bonchev–Trinajstić information content (AvgIpc) is 3.04. The van der Waals surface area contributed by atoms with Crippen LogP contribution in [0.4, 0.5) is 5.69 Å². The lowest BCUT2D eigenvalue weighted by molar-refractivity contribution is -0.157. The highest BCUT2D eigenvalue weighted by atomic mass is 16.5. The molecule has 0 radical (unpaired) electrons. The van der Waals surface area contributed by atoms with Gasteiger partial charge in [-0.1, -0.05) is 68.9 Å². The molecule has 6 rings (SSSR count). The van der Waals surface area contributed by atoms with E-state index in [0.29, 0.717) is 32.8 Å². The monoisotopic (exact) mass is 515 g/mol. The minimum atomic E-state index is -0.267. The summed E-state index contributed by atoms with van der Waals surface area (Å²) in [5, 5.41) is 3.84. The van der Waals surface area contributed by atoms with Gasteiger partial charge < -0.3 is 19.9 Å². The number of amides is 2. The molecule has 202 valence electrons. The second-order valence-electron chi connectivity index (χ2n) is 11.7. The third kappa shape index (κ3) is 5.07. The Morgan fingerprint density at radius 3 is 2.11 bits per heavy atom. The van der Waals surface area contributed by atoms with Gasteiger partial charge in [0.2, 0.25) is 0 Å². The van der Waals surface area contributed by atoms with E-state index in [2.05, 4.69) is 41.7 Å². The van der Waals surface area contributed by atoms with E-state index in [-0.39, 0.29) is 29.4 Å². The van der Waals surface area contributed by atoms with Crippen molar-refractivity contribution in [2.45, 2.75) is 81.8 Å². The summed E-state index contributed by atoms with van der Waals surface area (Å²) in [6.07, 6.45) is 12.2. The summed E-state index contributed by atoms with van der Waals surface area (Å²) >= 11 is 0. The molecule has 3 heterocycles. The molecule has 2 saturated heterocycles. The third-order valence-corrected chi connectivity index (χ3v) is 9.40. The van der Waals surface area contributed by atoms with Crippen molar-refractivity contribution in [3.8, 4) is 0 Å². The minimum absolute atomic E-state index is 0.0539. The molecule has 1 aliphatic carbocycles. The number of carbonyl (C=O) groups excluding carboxylic acids is 2. The van der Waals surface area contributed by atoms with Crippen LogP contribution < -0.4 is 5.32 Å². The summed E-state index contributed by atoms with van der Waals surface area (Å²) in [5.41, 5.74) is 5.00. The van der Waals surface area contributed by atoms with Crippen molar-refractivity contribution >= 4 is 17.5 Å². The van der Waals surface area contributed by atoms with E-state index in [1.54, 1.807) is 0 Å². The van der Waals surface area contributed by atoms with Crippen LogP contribution >= 0.6 is 0 Å². The fourth-order valence-electron chi connectivity index (χ4n) is 7.05. The van der Waals surface area contributed by atoms with Gasteiger partial charge in [0.05, 0.1) is 12.6 Å². The van der Waals surface area contributed by atoms with E-state index in [0.717, 1.165) is 18.4 Å². The highest BCUT2D eigenvalue weighted by Crippen LogP contribution is 2.50. The van der Waals surface area contributed by atoms with Crippen LogP contribution in [0.1, 0.15) is 91.7 Å². The molecule has 1 N–H and O–H groups in total. The Morgan fingerprint density at radius 1 is 0.816 bits per heavy atom. The predicted octanol–water partition coefficient (Wildman–Crippen LogP) is 5.69. The number of hydrogen-bond donors (Lipinski definition) is 1. The van der Waals surface area contributed by atoms with Gasteiger partial charge in [0.25, 0.3) is 11.8 Å². The van der Waals surface area contributed by atoms with Crippen molar-refractivity contribution in [3.63, 3.8) is 0 Å². The number of fused-ring (bicyclic) bond motifs is 2. The van der Waals surface area contributed by atoms with Gasteiger partial charge in [0, 0.05) is 43.9 Å². The number of anilines is 1. The van der Waals surface area contributed by atoms with E-state index in [4.69, 9.17) is 4.74 Å². The second-order valence-corrected chi connectivity index (χ2v) is 11.7. The molecule has 2 atom stereocenters. The maximum atomic E-state index is 13.3. The Kier molecular flexibility index (Phi) is 7.42. The number of piperazine rings is 1. The average molecular weight is 516 g/mol. The van der Waals surface area contributed by atoms with E-state index >= 15 is 0 Å². The molecule has 6 heteroatoms. The van der Waals surface area contributed by atoms with Crippen LogP contribution in [-0.2, 0) is 14.9 Å². The molecule has 3 aliphatic heterocycles. The lowest BCUT2D eigenvalue weighted by atomic mass is 9.66. The SMILES string of the molecule is O=C(c1ccc(C2CC3(CCCCCCCC3)c3ccccc3N2)cc1)N1CCN(C(=O)C2CCO2)CC1. The van der Waals surface area contributed by atoms with Gasteiger partial charge in [0.15, 0.2) is 0 Å². The second kappa shape index (κ2) is 11.1. The topological polar surface area (TPSA) is 61.9 Å². The lowest BCUT2D eigenvalue weighted by Gasteiger charge is -2.44. The normalized spacial score (nSPS) is 25.3. The molecule has 4 aliphatic rings. The molecular weight excluding hydrogens is 474 g/mol. The zero-order valence-corrected chi connectivity index (χ0v) is 22.5. The molecule has 38 heavy (non-hydrogen) atoms. The first kappa shape index (κ1) is 25.4. The molecule has 2 aromatic carbocycles. The van der Waals surface area contributed by atoms with Gasteiger partial charge in [-0.15, -0.1) is 0 Å². The zero-order valence-electron chi connectivity index (χ0n) is 22.5. The maximum Gasteiger partial charge on any atom is 0.253 e. The molecule has 1 saturated carbocycles. The van der Waals surface area contributed by atoms with Crippen LogP contribution in [0.25, 0.3) is 0 Å². The van der Waals surface area contributed by atoms with Crippen LogP contribution in [0.15, 0.2) is 48.5 Å². The van der Waals surface area contributed by atoms with Crippen molar-refractivity contribution < 1.29 is 14.3 Å². The maximum absolute atomic E-state index is 13.3. The van der Waals surface area contributed by atoms with E-state index in [1.165, 1.54) is 68.2 Å². The number of hydrogen-bond acceptors (Lipinski definition) is 4. The summed E-state index contributed by atoms with van der Waals surface area (Å²) in [6.45, 7) is 2.98. The number of para-hydroxylation sites is 1. The summed E-state index contributed by atoms with van der Waals surface area (Å²) in [4.78, 5) is 29.4. The van der Waals surface area contributed by atoms with Crippen molar-refractivity contribution in [1.82, 2.24) is 9.80 Å². The fraction of sp³-hybridized carbons (Fsp3) is 0.562. The molecule has 2 unspecified atom stereocenters. The first-order valence-corrected chi connectivity index (χ1v) is 14.8. The Hall–Kier alpha value is -2.86. The summed E-state index contributed by atoms with van der Waals surface area (Å²) in [6, 6.07) is 17.5. The number of nitrogens with one attached hydrogen (secondary N) is 1. The minimum Gasteiger partial charge on any atom is -0.378 e. The highest BCUT2D eigenvalue weighted by molar-refractivity contribution is 5.94. The van der Waals surface area contributed by atoms with Gasteiger partial charge in [-0.25, -0.2) is 0 Å². The Labute approximate surface area is 226 Å². The van der Waals surface area contributed by atoms with Crippen molar-refractivity contribution in [2.75, 3.05) is 38.1 Å². The molecule has 6 nitrogen and oxygen atoms in total. The van der Waals surface area contributed by atoms with E-state index in [1.807, 2.05) is 21.9 Å². The molecule has 0 aromatic heterocycles. The number of nitrogens with zero attached hydrogens (tertiary/aromatic N) is 2. The van der Waals surface area contributed by atoms with Crippen molar-refractivity contribution in [1.29, 1.82) is 0 Å². The van der Waals surface area contributed by atoms with Gasteiger partial charge >= 0.3 is 0 Å². The Balaban J connectivity index is 1.14. The summed E-state index contributed by atoms with van der Waals surface area (Å²) in [7, 11) is 0. The molecule has 2 aromatic rings. The number of ether oxygens (including phenoxy) is 1. The predicted molar refractivity (Wildman–Crippen MR) is 149 cm³/mol. The van der Waals surface area contributed by atoms with Crippen LogP contribution in [-0.4, -0.2) is 60.5 Å². The van der Waals surface area contributed by atoms with Crippen LogP contribution in [0.3, 0.4) is 0 Å². The van der Waals surface area contributed by atoms with Crippen LogP contribution in [0.5, 0.6) is 0 Å². The van der Waals surface area contributed by atoms with E-state index in [9.17, 15) is 9.59 Å². The third-order valence-electron chi connectivity index (χ3n) is 9.40. The quantitative estimate of drug-likeness (QED) is 0.571. The Morgan fingerprint density at radius 2 is 1.45 bits per heavy atom. The molecular formula is C32H41N3O3. The smallest absolute Gasteiger partial charge is 0.253 e. The summed E-state index contributed by atoms with van der Waals surface area (Å²) < 4.78 is 5.35. The van der Waals surface area contributed by atoms with E-state index < -0.39 is 0 Å². The summed E-state index contributed by atoms with van der Waals surface area (Å²) in [5.74, 6) is 0.130. The highest BCUT2D eigenvalue weighted by Gasteiger charge is 2.40. The first-order chi connectivity index (χ1) is 18.6. The fourth-order valence-corrected chi connectivity index (χ4v) is 7.05. The zero-order chi connectivity index (χ0) is 26.0. The van der Waals surface area contributed by atoms with Crippen LogP contribution in [0.2, 0.25) is 0 Å². The van der Waals surface area contributed by atoms with Crippen molar-refractivity contribution in [3.05, 3.63) is 65.2 Å². The van der Waals surface area contributed by atoms with Gasteiger partial charge in [-0.3, -0.25) is 9.59 Å². The molecule has 0 bridgehead atoms. The Bertz CT molecular complexity index is 1120. The molecule has 3 fully saturated rings. The lowest BCUT2D eigenvalue weighted by Crippen LogP contribution is -2.54. The number of carbonyl (C=O) groups is 2. The van der Waals surface area contributed by atoms with Crippen molar-refractivity contribution in [2.24, 2.45) is 0 Å². The van der Waals surface area contributed by atoms with Gasteiger partial charge in [0.1, 0.15) is 6.10 Å². The molecule has 2 amide bonds. The largest absolute Gasteiger partial charge is 0.378 e.